The number of esters is 1. The predicted octanol–water partition coefficient (Wildman–Crippen LogP) is 2.20. The average Bonchev–Trinajstić information content (AvgIpc) is 1.82. The van der Waals surface area contributed by atoms with E-state index in [1.807, 2.05) is 0 Å². The number of rotatable bonds is 1. The Morgan fingerprint density at radius 2 is 1.91 bits per heavy atom. The molecule has 0 unspecified atom stereocenters. The van der Waals surface area contributed by atoms with Crippen molar-refractivity contribution in [1.29, 1.82) is 0 Å². The fourth-order valence-corrected chi connectivity index (χ4v) is 0.403. The van der Waals surface area contributed by atoms with Crippen molar-refractivity contribution in [2.45, 2.75) is 33.3 Å². The van der Waals surface area contributed by atoms with Crippen LogP contribution in [0.5, 0.6) is 0 Å². The first-order valence-corrected chi connectivity index (χ1v) is 3.37. The summed E-state index contributed by atoms with van der Waals surface area (Å²) in [6.45, 7) is 6.57. The van der Waals surface area contributed by atoms with E-state index < -0.39 is 11.6 Å². The Morgan fingerprint density at radius 1 is 1.45 bits per heavy atom. The maximum absolute atomic E-state index is 11.7. The fourth-order valence-electron chi connectivity index (χ4n) is 0.403. The van der Waals surface area contributed by atoms with Crippen molar-refractivity contribution in [2.24, 2.45) is 0 Å². The van der Waals surface area contributed by atoms with Gasteiger partial charge in [-0.25, -0.2) is 9.18 Å². The van der Waals surface area contributed by atoms with Gasteiger partial charge in [0.2, 0.25) is 0 Å². The number of ether oxygens (including phenoxy) is 1. The molecule has 0 aromatic rings. The van der Waals surface area contributed by atoms with Gasteiger partial charge in [0.1, 0.15) is 5.60 Å². The van der Waals surface area contributed by atoms with Gasteiger partial charge in [0.25, 0.3) is 0 Å². The van der Waals surface area contributed by atoms with Gasteiger partial charge in [0.05, 0.1) is 11.9 Å². The van der Waals surface area contributed by atoms with Crippen LogP contribution >= 0.6 is 0 Å². The zero-order chi connectivity index (χ0) is 9.07. The van der Waals surface area contributed by atoms with Gasteiger partial charge in [-0.1, -0.05) is 0 Å². The first-order chi connectivity index (χ1) is 4.87. The smallest absolute Gasteiger partial charge is 0.336 e. The molecule has 0 rings (SSSR count). The van der Waals surface area contributed by atoms with Gasteiger partial charge in [-0.15, -0.1) is 0 Å². The van der Waals surface area contributed by atoms with E-state index in [1.165, 1.54) is 6.92 Å². The molecule has 0 saturated heterocycles. The molecule has 2 nitrogen and oxygen atoms in total. The third-order valence-electron chi connectivity index (χ3n) is 0.885. The van der Waals surface area contributed by atoms with Crippen molar-refractivity contribution in [1.82, 2.24) is 0 Å². The first-order valence-electron chi connectivity index (χ1n) is 3.37. The first kappa shape index (κ1) is 10.1. The molecule has 0 radical (unpaired) electrons. The van der Waals surface area contributed by atoms with Crippen LogP contribution in [0.4, 0.5) is 4.39 Å². The Bertz CT molecular complexity index is 177. The van der Waals surface area contributed by atoms with Crippen molar-refractivity contribution >= 4 is 5.97 Å². The molecule has 0 atom stereocenters. The molecule has 0 amide bonds. The molecular weight excluding hydrogens is 147 g/mol. The summed E-state index contributed by atoms with van der Waals surface area (Å²) in [7, 11) is 0. The highest BCUT2D eigenvalue weighted by atomic mass is 19.1. The minimum Gasteiger partial charge on any atom is -0.457 e. The van der Waals surface area contributed by atoms with Crippen LogP contribution in [0, 0.1) is 0 Å². The van der Waals surface area contributed by atoms with E-state index in [1.54, 1.807) is 20.8 Å². The van der Waals surface area contributed by atoms with Crippen molar-refractivity contribution in [2.75, 3.05) is 0 Å². The van der Waals surface area contributed by atoms with E-state index in [0.29, 0.717) is 0 Å². The lowest BCUT2D eigenvalue weighted by Gasteiger charge is -2.19. The molecule has 3 heteroatoms. The lowest BCUT2D eigenvalue weighted by atomic mass is 10.2. The molecule has 0 aromatic heterocycles. The molecule has 0 bridgehead atoms. The predicted molar refractivity (Wildman–Crippen MR) is 40.7 cm³/mol. The van der Waals surface area contributed by atoms with Gasteiger partial charge in [-0.2, -0.15) is 0 Å². The molecule has 0 aliphatic heterocycles. The standard InChI is InChI=1S/C8H13FO2/c1-6(5-9)7(10)11-8(2,3)4/h5H,1-4H3. The van der Waals surface area contributed by atoms with Crippen molar-refractivity contribution in [3.63, 3.8) is 0 Å². The lowest BCUT2D eigenvalue weighted by molar-refractivity contribution is -0.149. The minimum atomic E-state index is -0.611. The Balaban J connectivity index is 4.10. The second-order valence-electron chi connectivity index (χ2n) is 3.29. The number of carbonyl (C=O) groups is 1. The third kappa shape index (κ3) is 4.53. The van der Waals surface area contributed by atoms with E-state index in [0.717, 1.165) is 0 Å². The SMILES string of the molecule is CC(=CF)C(=O)OC(C)(C)C. The van der Waals surface area contributed by atoms with Gasteiger partial charge in [0, 0.05) is 0 Å². The highest BCUT2D eigenvalue weighted by Gasteiger charge is 2.17. The van der Waals surface area contributed by atoms with Gasteiger partial charge in [-0.05, 0) is 27.7 Å². The molecule has 11 heavy (non-hydrogen) atoms. The minimum absolute atomic E-state index is 0.0140. The topological polar surface area (TPSA) is 26.3 Å². The Kier molecular flexibility index (Phi) is 3.23. The largest absolute Gasteiger partial charge is 0.457 e. The van der Waals surface area contributed by atoms with Crippen LogP contribution in [0.3, 0.4) is 0 Å². The Labute approximate surface area is 66.0 Å². The van der Waals surface area contributed by atoms with Crippen LogP contribution in [-0.2, 0) is 9.53 Å². The number of carbonyl (C=O) groups excluding carboxylic acids is 1. The number of hydrogen-bond donors (Lipinski definition) is 0. The quantitative estimate of drug-likeness (QED) is 0.434. The van der Waals surface area contributed by atoms with E-state index in [-0.39, 0.29) is 11.9 Å². The summed E-state index contributed by atoms with van der Waals surface area (Å²) in [5.74, 6) is -0.611. The summed E-state index contributed by atoms with van der Waals surface area (Å²) in [5, 5.41) is 0. The fraction of sp³-hybridized carbons (Fsp3) is 0.625. The second-order valence-corrected chi connectivity index (χ2v) is 3.29. The highest BCUT2D eigenvalue weighted by molar-refractivity contribution is 5.87. The molecule has 0 aromatic carbocycles. The summed E-state index contributed by atoms with van der Waals surface area (Å²) in [6.07, 6.45) is 0.244. The summed E-state index contributed by atoms with van der Waals surface area (Å²) in [5.41, 5.74) is -0.568. The molecule has 0 spiro atoms. The van der Waals surface area contributed by atoms with Crippen LogP contribution in [0.15, 0.2) is 11.9 Å². The maximum Gasteiger partial charge on any atom is 0.336 e. The van der Waals surface area contributed by atoms with Crippen molar-refractivity contribution in [3.8, 4) is 0 Å². The highest BCUT2D eigenvalue weighted by Crippen LogP contribution is 2.10. The van der Waals surface area contributed by atoms with Crippen LogP contribution in [0.25, 0.3) is 0 Å². The Hall–Kier alpha value is -0.860. The van der Waals surface area contributed by atoms with Crippen molar-refractivity contribution < 1.29 is 13.9 Å². The van der Waals surface area contributed by atoms with Gasteiger partial charge in [0.15, 0.2) is 0 Å². The molecule has 0 N–H and O–H groups in total. The lowest BCUT2D eigenvalue weighted by Crippen LogP contribution is -2.24. The molecule has 0 saturated carbocycles. The summed E-state index contributed by atoms with van der Waals surface area (Å²) >= 11 is 0. The van der Waals surface area contributed by atoms with E-state index in [9.17, 15) is 9.18 Å². The van der Waals surface area contributed by atoms with E-state index in [2.05, 4.69) is 0 Å². The van der Waals surface area contributed by atoms with E-state index in [4.69, 9.17) is 4.74 Å². The van der Waals surface area contributed by atoms with Gasteiger partial charge < -0.3 is 4.74 Å². The summed E-state index contributed by atoms with van der Waals surface area (Å²) in [6, 6.07) is 0. The normalized spacial score (nSPS) is 13.0. The van der Waals surface area contributed by atoms with Gasteiger partial charge >= 0.3 is 5.97 Å². The van der Waals surface area contributed by atoms with Crippen LogP contribution < -0.4 is 0 Å². The summed E-state index contributed by atoms with van der Waals surface area (Å²) < 4.78 is 16.6. The van der Waals surface area contributed by atoms with Crippen LogP contribution in [-0.4, -0.2) is 11.6 Å². The number of halogens is 1. The molecule has 0 aliphatic carbocycles. The number of hydrogen-bond acceptors (Lipinski definition) is 2. The average molecular weight is 160 g/mol. The molecule has 0 heterocycles. The molecule has 64 valence electrons. The zero-order valence-corrected chi connectivity index (χ0v) is 7.27. The van der Waals surface area contributed by atoms with Crippen LogP contribution in [0.1, 0.15) is 27.7 Å². The second kappa shape index (κ2) is 3.51. The summed E-state index contributed by atoms with van der Waals surface area (Å²) in [4.78, 5) is 10.9. The Morgan fingerprint density at radius 3 is 2.18 bits per heavy atom. The van der Waals surface area contributed by atoms with Gasteiger partial charge in [-0.3, -0.25) is 0 Å². The monoisotopic (exact) mass is 160 g/mol. The third-order valence-corrected chi connectivity index (χ3v) is 0.885. The van der Waals surface area contributed by atoms with E-state index >= 15 is 0 Å². The maximum atomic E-state index is 11.7. The zero-order valence-electron chi connectivity index (χ0n) is 7.27. The van der Waals surface area contributed by atoms with Crippen molar-refractivity contribution in [3.05, 3.63) is 11.9 Å². The molecule has 0 aliphatic rings. The van der Waals surface area contributed by atoms with Crippen LogP contribution in [0.2, 0.25) is 0 Å². The molecular formula is C8H13FO2. The molecule has 0 fully saturated rings.